The zero-order chi connectivity index (χ0) is 16.8. The van der Waals surface area contributed by atoms with E-state index in [1.165, 1.54) is 0 Å². The molecule has 0 fully saturated rings. The standard InChI is InChI=1S/C18H14N4O2/c23-17(21-15-5-9-19-10-6-15)13-1-2-14(4-3-13)18(24)22-16-7-11-20-12-8-16/h1-12H,(H,19,21,23)(H,20,22,24)/p+1. The van der Waals surface area contributed by atoms with Crippen LogP contribution < -0.4 is 15.6 Å². The number of carbonyl (C=O) groups is 2. The van der Waals surface area contributed by atoms with E-state index in [1.54, 1.807) is 73.3 Å². The largest absolute Gasteiger partial charge is 0.322 e. The van der Waals surface area contributed by atoms with Gasteiger partial charge in [0.1, 0.15) is 0 Å². The third-order valence-corrected chi connectivity index (χ3v) is 3.32. The quantitative estimate of drug-likeness (QED) is 0.774. The van der Waals surface area contributed by atoms with Crippen molar-refractivity contribution in [2.75, 3.05) is 10.6 Å². The number of carbonyl (C=O) groups excluding carboxylic acids is 2. The monoisotopic (exact) mass is 319 g/mol. The second kappa shape index (κ2) is 7.15. The number of hydrogen-bond donors (Lipinski definition) is 2. The normalized spacial score (nSPS) is 10.0. The van der Waals surface area contributed by atoms with Gasteiger partial charge >= 0.3 is 0 Å². The SMILES string of the molecule is O=C(Nc1ccncc1)c1ccc(C(=O)Nc2cc[nH+]cc2)cc1. The summed E-state index contributed by atoms with van der Waals surface area (Å²) in [6, 6.07) is 13.4. The van der Waals surface area contributed by atoms with Crippen molar-refractivity contribution in [1.29, 1.82) is 0 Å². The van der Waals surface area contributed by atoms with Crippen LogP contribution in [0.15, 0.2) is 73.3 Å². The molecule has 2 aromatic heterocycles. The predicted molar refractivity (Wildman–Crippen MR) is 89.6 cm³/mol. The lowest BCUT2D eigenvalue weighted by molar-refractivity contribution is -0.377. The fraction of sp³-hybridized carbons (Fsp3) is 0. The van der Waals surface area contributed by atoms with Gasteiger partial charge < -0.3 is 10.6 Å². The fourth-order valence-electron chi connectivity index (χ4n) is 2.08. The first-order valence-electron chi connectivity index (χ1n) is 7.31. The molecule has 0 aliphatic rings. The number of anilines is 2. The van der Waals surface area contributed by atoms with Crippen molar-refractivity contribution >= 4 is 23.2 Å². The highest BCUT2D eigenvalue weighted by molar-refractivity contribution is 6.07. The van der Waals surface area contributed by atoms with Gasteiger partial charge in [-0.25, -0.2) is 4.98 Å². The number of H-pyrrole nitrogens is 1. The molecule has 3 aromatic rings. The van der Waals surface area contributed by atoms with Gasteiger partial charge in [-0.15, -0.1) is 0 Å². The van der Waals surface area contributed by atoms with Crippen molar-refractivity contribution in [3.63, 3.8) is 0 Å². The van der Waals surface area contributed by atoms with Crippen LogP contribution in [-0.4, -0.2) is 16.8 Å². The van der Waals surface area contributed by atoms with Crippen LogP contribution in [0.4, 0.5) is 11.4 Å². The van der Waals surface area contributed by atoms with E-state index in [0.29, 0.717) is 22.5 Å². The average Bonchev–Trinajstić information content (AvgIpc) is 2.63. The van der Waals surface area contributed by atoms with E-state index in [-0.39, 0.29) is 11.8 Å². The van der Waals surface area contributed by atoms with Gasteiger partial charge in [0.2, 0.25) is 0 Å². The highest BCUT2D eigenvalue weighted by atomic mass is 16.2. The van der Waals surface area contributed by atoms with Gasteiger partial charge in [-0.3, -0.25) is 14.6 Å². The van der Waals surface area contributed by atoms with Crippen LogP contribution in [0.25, 0.3) is 0 Å². The first-order chi connectivity index (χ1) is 11.7. The molecule has 24 heavy (non-hydrogen) atoms. The van der Waals surface area contributed by atoms with Crippen LogP contribution in [0.3, 0.4) is 0 Å². The number of aromatic amines is 1. The number of aromatic nitrogens is 2. The van der Waals surface area contributed by atoms with Crippen LogP contribution >= 0.6 is 0 Å². The molecule has 3 rings (SSSR count). The van der Waals surface area contributed by atoms with E-state index in [0.717, 1.165) is 0 Å². The van der Waals surface area contributed by atoms with Gasteiger partial charge in [0.05, 0.1) is 5.69 Å². The van der Waals surface area contributed by atoms with Crippen LogP contribution in [-0.2, 0) is 0 Å². The summed E-state index contributed by atoms with van der Waals surface area (Å²) in [7, 11) is 0. The van der Waals surface area contributed by atoms with Crippen molar-refractivity contribution in [3.8, 4) is 0 Å². The lowest BCUT2D eigenvalue weighted by Crippen LogP contribution is -2.14. The maximum absolute atomic E-state index is 12.2. The van der Waals surface area contributed by atoms with E-state index < -0.39 is 0 Å². The Morgan fingerprint density at radius 2 is 1.17 bits per heavy atom. The Kier molecular flexibility index (Phi) is 4.57. The Labute approximate surface area is 138 Å². The predicted octanol–water partition coefficient (Wildman–Crippen LogP) is 2.40. The summed E-state index contributed by atoms with van der Waals surface area (Å²) in [4.78, 5) is 31.1. The molecule has 118 valence electrons. The smallest absolute Gasteiger partial charge is 0.255 e. The third kappa shape index (κ3) is 3.80. The van der Waals surface area contributed by atoms with Gasteiger partial charge in [0.15, 0.2) is 12.4 Å². The van der Waals surface area contributed by atoms with Crippen LogP contribution in [0.2, 0.25) is 0 Å². The molecule has 0 unspecified atom stereocenters. The van der Waals surface area contributed by atoms with Gasteiger partial charge in [-0.1, -0.05) is 0 Å². The summed E-state index contributed by atoms with van der Waals surface area (Å²) >= 11 is 0. The Balaban J connectivity index is 1.66. The number of benzene rings is 1. The molecule has 0 saturated carbocycles. The molecule has 6 heteroatoms. The first kappa shape index (κ1) is 15.4. The molecule has 0 aliphatic carbocycles. The molecular formula is C18H15N4O2+. The Morgan fingerprint density at radius 1 is 0.708 bits per heavy atom. The molecule has 6 nitrogen and oxygen atoms in total. The average molecular weight is 319 g/mol. The molecule has 1 aromatic carbocycles. The summed E-state index contributed by atoms with van der Waals surface area (Å²) in [6.07, 6.45) is 6.65. The maximum atomic E-state index is 12.2. The second-order valence-corrected chi connectivity index (χ2v) is 5.01. The molecule has 0 bridgehead atoms. The molecule has 0 spiro atoms. The van der Waals surface area contributed by atoms with E-state index in [4.69, 9.17) is 0 Å². The highest BCUT2D eigenvalue weighted by Gasteiger charge is 2.09. The minimum Gasteiger partial charge on any atom is -0.322 e. The van der Waals surface area contributed by atoms with E-state index >= 15 is 0 Å². The summed E-state index contributed by atoms with van der Waals surface area (Å²) in [6.45, 7) is 0. The zero-order valence-electron chi connectivity index (χ0n) is 12.7. The van der Waals surface area contributed by atoms with E-state index in [2.05, 4.69) is 20.6 Å². The number of amides is 2. The van der Waals surface area contributed by atoms with Crippen molar-refractivity contribution in [2.45, 2.75) is 0 Å². The highest BCUT2D eigenvalue weighted by Crippen LogP contribution is 2.11. The number of pyridine rings is 2. The molecule has 0 saturated heterocycles. The van der Waals surface area contributed by atoms with Crippen LogP contribution in [0.1, 0.15) is 20.7 Å². The molecule has 0 radical (unpaired) electrons. The van der Waals surface area contributed by atoms with E-state index in [9.17, 15) is 9.59 Å². The molecule has 3 N–H and O–H groups in total. The topological polar surface area (TPSA) is 85.2 Å². The lowest BCUT2D eigenvalue weighted by Gasteiger charge is -2.06. The van der Waals surface area contributed by atoms with Gasteiger partial charge in [-0.05, 0) is 36.4 Å². The Hall–Kier alpha value is -3.54. The summed E-state index contributed by atoms with van der Waals surface area (Å²) in [5.41, 5.74) is 2.30. The van der Waals surface area contributed by atoms with E-state index in [1.807, 2.05) is 0 Å². The fourth-order valence-corrected chi connectivity index (χ4v) is 2.08. The second-order valence-electron chi connectivity index (χ2n) is 5.01. The van der Waals surface area contributed by atoms with Crippen molar-refractivity contribution in [1.82, 2.24) is 4.98 Å². The van der Waals surface area contributed by atoms with Crippen LogP contribution in [0, 0.1) is 0 Å². The molecule has 2 amide bonds. The lowest BCUT2D eigenvalue weighted by atomic mass is 10.1. The maximum Gasteiger partial charge on any atom is 0.255 e. The first-order valence-corrected chi connectivity index (χ1v) is 7.31. The summed E-state index contributed by atoms with van der Waals surface area (Å²) in [5, 5.41) is 5.54. The van der Waals surface area contributed by atoms with Crippen LogP contribution in [0.5, 0.6) is 0 Å². The minimum atomic E-state index is -0.244. The zero-order valence-corrected chi connectivity index (χ0v) is 12.7. The number of rotatable bonds is 4. The number of hydrogen-bond acceptors (Lipinski definition) is 3. The minimum absolute atomic E-state index is 0.234. The van der Waals surface area contributed by atoms with Crippen molar-refractivity contribution in [2.24, 2.45) is 0 Å². The van der Waals surface area contributed by atoms with Gasteiger partial charge in [0.25, 0.3) is 11.8 Å². The molecule has 2 heterocycles. The van der Waals surface area contributed by atoms with Gasteiger partial charge in [0, 0.05) is 41.3 Å². The Bertz CT molecular complexity index is 761. The molecular weight excluding hydrogens is 304 g/mol. The molecule has 0 atom stereocenters. The summed E-state index contributed by atoms with van der Waals surface area (Å²) < 4.78 is 0. The Morgan fingerprint density at radius 3 is 1.67 bits per heavy atom. The van der Waals surface area contributed by atoms with Gasteiger partial charge in [-0.2, -0.15) is 0 Å². The van der Waals surface area contributed by atoms with Crippen molar-refractivity contribution < 1.29 is 14.6 Å². The third-order valence-electron chi connectivity index (χ3n) is 3.32. The number of nitrogens with zero attached hydrogens (tertiary/aromatic N) is 1. The molecule has 0 aliphatic heterocycles. The summed E-state index contributed by atoms with van der Waals surface area (Å²) in [5.74, 6) is -0.478. The van der Waals surface area contributed by atoms with Crippen molar-refractivity contribution in [3.05, 3.63) is 84.4 Å². The number of nitrogens with one attached hydrogen (secondary N) is 3.